The van der Waals surface area contributed by atoms with Gasteiger partial charge in [-0.3, -0.25) is 28.8 Å². The number of carbonyl (C=O) groups is 6. The van der Waals surface area contributed by atoms with Gasteiger partial charge >= 0.3 is 29.8 Å². The molecule has 12 aliphatic rings. The van der Waals surface area contributed by atoms with Crippen LogP contribution < -0.4 is 0 Å². The number of aliphatic hydroxyl groups excluding tert-OH is 2. The Kier molecular flexibility index (Phi) is 20.4. The number of aliphatic hydroxyl groups is 4. The first-order valence-corrected chi connectivity index (χ1v) is 36.4. The highest BCUT2D eigenvalue weighted by Gasteiger charge is 2.72. The second kappa shape index (κ2) is 26.1. The number of rotatable bonds is 12. The highest BCUT2D eigenvalue weighted by atomic mass is 19.3. The van der Waals surface area contributed by atoms with E-state index in [1.165, 1.54) is 21.3 Å². The predicted octanol–water partition coefficient (Wildman–Crippen LogP) is 14.4. The molecule has 19 heteroatoms. The van der Waals surface area contributed by atoms with Gasteiger partial charge in [-0.1, -0.05) is 62.3 Å². The molecule has 0 bridgehead atoms. The van der Waals surface area contributed by atoms with Crippen molar-refractivity contribution in [3.05, 3.63) is 0 Å². The third-order valence-electron chi connectivity index (χ3n) is 31.0. The molecular weight excluding hydrogens is 1220 g/mol. The van der Waals surface area contributed by atoms with Gasteiger partial charge in [0.2, 0.25) is 11.6 Å². The van der Waals surface area contributed by atoms with Crippen LogP contribution in [-0.2, 0) is 43.0 Å². The molecular formula is C75H114F6O13. The van der Waals surface area contributed by atoms with Crippen LogP contribution >= 0.6 is 0 Å². The minimum Gasteiger partial charge on any atom is -0.469 e. The molecule has 9 unspecified atom stereocenters. The van der Waals surface area contributed by atoms with Gasteiger partial charge in [0.25, 0.3) is 5.92 Å². The van der Waals surface area contributed by atoms with Crippen LogP contribution in [0.25, 0.3) is 0 Å². The Hall–Kier alpha value is -3.16. The molecule has 0 heterocycles. The largest absolute Gasteiger partial charge is 0.469 e. The van der Waals surface area contributed by atoms with Crippen molar-refractivity contribution in [3.63, 3.8) is 0 Å². The van der Waals surface area contributed by atoms with E-state index >= 15 is 0 Å². The van der Waals surface area contributed by atoms with Crippen LogP contribution in [0.1, 0.15) is 236 Å². The molecule has 0 saturated heterocycles. The maximum Gasteiger partial charge on any atom is 0.305 e. The Balaban J connectivity index is 0.000000154. The molecule has 0 aliphatic heterocycles. The lowest BCUT2D eigenvalue weighted by Gasteiger charge is -2.63. The number of alkyl halides is 6. The standard InChI is InChI=1S/C25H38F2O5.C25H40F2O4.C25H36F2O4/c1-14(5-8-20(29)32-4)16-6-7-17-21-18(9-10-22(16,17)2)23(3)13-24(26,27)25(30,31)12-15(23)11-19(21)28;2*1-14(5-8-21(30)31-4)16-6-7-17-22-18(9-10-23(16,17)2)24(3)13-25(26,27)20(29)12-15(24)11-19(22)28/h14-18,21,30-31H,5-13H2,1-4H3;14-20,22,28-29H,5-13H2,1-4H3;14-18,22H,5-13H2,1-4H3/t14-,15-,16-,17?,18?,21?,22-,23+;14-,15-,16-,17?,18?,19+,20-,22?,23-,24+;14-,15-,16-,17?,18?,22?,23-,24+/m111/s1. The van der Waals surface area contributed by atoms with Crippen LogP contribution in [0.3, 0.4) is 0 Å². The van der Waals surface area contributed by atoms with Crippen molar-refractivity contribution in [3.8, 4) is 0 Å². The lowest BCUT2D eigenvalue weighted by Crippen LogP contribution is -2.64. The SMILES string of the molecule is COC(=O)CC[C@@H](C)[C@H]1CCC2C3C(=O)C[C@@H]4CC(=O)C(F)(F)C[C@]4(C)C3CC[C@@]21C.COC(=O)CC[C@@H](C)[C@H]1CCC2C3C(=O)C[C@@H]4CC(O)(O)C(F)(F)C[C@]4(C)C3CC[C@@]21C.COC(=O)CC[C@@H](C)[C@H]1CCC2C3C(CC[C@@]21C)[C@@]1(C)CC(F)(F)[C@H](O)C[C@H]1C[C@@H]3O. The average Bonchev–Trinajstić information content (AvgIpc) is 1.20. The summed E-state index contributed by atoms with van der Waals surface area (Å²) in [7, 11) is 4.23. The summed E-state index contributed by atoms with van der Waals surface area (Å²) in [5.41, 5.74) is -1.90. The van der Waals surface area contributed by atoms with Gasteiger partial charge in [0.05, 0.1) is 27.4 Å². The number of fused-ring (bicyclic) bond motifs is 15. The fourth-order valence-corrected chi connectivity index (χ4v) is 25.8. The maximum absolute atomic E-state index is 14.7. The third kappa shape index (κ3) is 12.4. The highest BCUT2D eigenvalue weighted by molar-refractivity contribution is 5.90. The summed E-state index contributed by atoms with van der Waals surface area (Å²) >= 11 is 0. The molecule has 534 valence electrons. The predicted molar refractivity (Wildman–Crippen MR) is 338 cm³/mol. The highest BCUT2D eigenvalue weighted by Crippen LogP contribution is 2.73. The monoisotopic (exact) mass is 1340 g/mol. The summed E-state index contributed by atoms with van der Waals surface area (Å²) in [6.07, 6.45) is 11.9. The van der Waals surface area contributed by atoms with E-state index in [1.54, 1.807) is 0 Å². The average molecular weight is 1340 g/mol. The van der Waals surface area contributed by atoms with Crippen molar-refractivity contribution in [1.82, 2.24) is 0 Å². The van der Waals surface area contributed by atoms with E-state index in [9.17, 15) is 75.5 Å². The van der Waals surface area contributed by atoms with Gasteiger partial charge in [0.15, 0.2) is 0 Å². The Bertz CT molecular complexity index is 2850. The summed E-state index contributed by atoms with van der Waals surface area (Å²) in [6, 6.07) is 0. The van der Waals surface area contributed by atoms with Crippen LogP contribution in [0.4, 0.5) is 26.3 Å². The zero-order valence-electron chi connectivity index (χ0n) is 58.4. The van der Waals surface area contributed by atoms with Crippen molar-refractivity contribution in [2.75, 3.05) is 21.3 Å². The lowest BCUT2D eigenvalue weighted by molar-refractivity contribution is -0.344. The van der Waals surface area contributed by atoms with Crippen molar-refractivity contribution in [1.29, 1.82) is 0 Å². The second-order valence-corrected chi connectivity index (χ2v) is 35.1. The van der Waals surface area contributed by atoms with E-state index in [0.29, 0.717) is 67.1 Å². The Morgan fingerprint density at radius 2 is 0.851 bits per heavy atom. The van der Waals surface area contributed by atoms with E-state index in [0.717, 1.165) is 96.3 Å². The normalized spacial score (nSPS) is 46.5. The van der Waals surface area contributed by atoms with Gasteiger partial charge in [0.1, 0.15) is 17.7 Å². The lowest BCUT2D eigenvalue weighted by atomic mass is 9.43. The zero-order valence-corrected chi connectivity index (χ0v) is 58.4. The molecule has 0 aromatic carbocycles. The Morgan fingerprint density at radius 3 is 1.30 bits per heavy atom. The number of esters is 3. The molecule has 0 aromatic heterocycles. The number of Topliss-reactive ketones (excluding diaryl/α,β-unsaturated/α-hetero) is 3. The first-order chi connectivity index (χ1) is 43.6. The quantitative estimate of drug-likeness (QED) is 0.0621. The smallest absolute Gasteiger partial charge is 0.305 e. The number of halogens is 6. The minimum atomic E-state index is -3.58. The van der Waals surface area contributed by atoms with Crippen LogP contribution in [0.15, 0.2) is 0 Å². The van der Waals surface area contributed by atoms with Gasteiger partial charge in [0, 0.05) is 76.0 Å². The summed E-state index contributed by atoms with van der Waals surface area (Å²) in [4.78, 5) is 73.6. The molecule has 4 N–H and O–H groups in total. The minimum absolute atomic E-state index is 0.00254. The molecule has 0 spiro atoms. The van der Waals surface area contributed by atoms with Gasteiger partial charge in [-0.25, -0.2) is 17.6 Å². The van der Waals surface area contributed by atoms with Crippen LogP contribution in [0, 0.1) is 139 Å². The topological polar surface area (TPSA) is 211 Å². The third-order valence-corrected chi connectivity index (χ3v) is 31.0. The Morgan fingerprint density at radius 1 is 0.479 bits per heavy atom. The van der Waals surface area contributed by atoms with Crippen LogP contribution in [0.2, 0.25) is 0 Å². The number of hydrogen-bond donors (Lipinski definition) is 4. The molecule has 94 heavy (non-hydrogen) atoms. The summed E-state index contributed by atoms with van der Waals surface area (Å²) < 4.78 is 102. The summed E-state index contributed by atoms with van der Waals surface area (Å²) in [5.74, 6) is -12.2. The van der Waals surface area contributed by atoms with Crippen LogP contribution in [-0.4, -0.2) is 113 Å². The Labute approximate surface area is 554 Å². The first-order valence-electron chi connectivity index (χ1n) is 36.4. The first kappa shape index (κ1) is 73.6. The summed E-state index contributed by atoms with van der Waals surface area (Å²) in [6.45, 7) is 19.3. The fraction of sp³-hybridized carbons (Fsp3) is 0.920. The number of hydrogen-bond acceptors (Lipinski definition) is 13. The van der Waals surface area contributed by atoms with Gasteiger partial charge in [-0.05, 0) is 236 Å². The number of methoxy groups -OCH3 is 3. The van der Waals surface area contributed by atoms with E-state index in [2.05, 4.69) is 41.5 Å². The van der Waals surface area contributed by atoms with Gasteiger partial charge in [-0.2, -0.15) is 8.78 Å². The maximum atomic E-state index is 14.7. The molecule has 0 amide bonds. The number of carbonyl (C=O) groups excluding carboxylic acids is 6. The fourth-order valence-electron chi connectivity index (χ4n) is 25.8. The van der Waals surface area contributed by atoms with E-state index < -0.39 is 83.0 Å². The molecule has 0 aromatic rings. The van der Waals surface area contributed by atoms with Crippen molar-refractivity contribution in [2.24, 2.45) is 139 Å². The molecule has 12 aliphatic carbocycles. The second-order valence-electron chi connectivity index (χ2n) is 35.1. The molecule has 12 saturated carbocycles. The van der Waals surface area contributed by atoms with E-state index in [4.69, 9.17) is 14.2 Å². The van der Waals surface area contributed by atoms with Crippen molar-refractivity contribution >= 4 is 35.3 Å². The van der Waals surface area contributed by atoms with Crippen molar-refractivity contribution in [2.45, 2.75) is 271 Å². The van der Waals surface area contributed by atoms with Gasteiger partial charge < -0.3 is 34.6 Å². The molecule has 26 atom stereocenters. The zero-order chi connectivity index (χ0) is 69.2. The van der Waals surface area contributed by atoms with E-state index in [-0.39, 0.29) is 137 Å². The number of ketones is 3. The summed E-state index contributed by atoms with van der Waals surface area (Å²) in [5, 5.41) is 41.2. The van der Waals surface area contributed by atoms with Gasteiger partial charge in [-0.15, -0.1) is 0 Å². The number of ether oxygens (including phenoxy) is 3. The molecule has 12 fully saturated rings. The molecule has 0 radical (unpaired) electrons. The molecule has 12 rings (SSSR count). The van der Waals surface area contributed by atoms with E-state index in [1.807, 2.05) is 20.8 Å². The van der Waals surface area contributed by atoms with Crippen molar-refractivity contribution < 1.29 is 89.7 Å². The molecule has 13 nitrogen and oxygen atoms in total. The van der Waals surface area contributed by atoms with Crippen LogP contribution in [0.5, 0.6) is 0 Å².